The molecule has 0 aromatic heterocycles. The standard InChI is InChI=1S/C59H60N2O15/c1-7-41(37-30-52(70-4)54(72-6)53(31-37)71-5)56(65)61-25-9-8-13-46(61)58(67)75-47(22-14-34-15-23-48(68-2)51(27-34)69-3)35-11-10-12-40(28-35)73-26-24-60-55(64)36-16-19-42-45(29-36)59(76-57(42)66)43-20-17-38(62)32-49(43)74-50-33-39(63)18-21-44(50)59/h10-12,15-21,23,27-33,41,46-47,62-63H,7-9,13-14,22,24-26H2,1-6H3,(H,60,64)/t41-,46-,47+/m0/s1. The first-order valence-electron chi connectivity index (χ1n) is 25.1. The number of nitrogens with one attached hydrogen (secondary N) is 1. The van der Waals surface area contributed by atoms with Gasteiger partial charge in [0.25, 0.3) is 5.91 Å². The molecule has 1 fully saturated rings. The first-order chi connectivity index (χ1) is 36.8. The molecule has 3 atom stereocenters. The number of hydrogen-bond acceptors (Lipinski definition) is 15. The lowest BCUT2D eigenvalue weighted by Gasteiger charge is -2.37. The molecule has 1 saturated heterocycles. The van der Waals surface area contributed by atoms with E-state index in [0.717, 1.165) is 18.4 Å². The fraction of sp³-hybridized carbons (Fsp3) is 0.322. The predicted octanol–water partition coefficient (Wildman–Crippen LogP) is 9.31. The maximum absolute atomic E-state index is 14.6. The van der Waals surface area contributed by atoms with Gasteiger partial charge in [-0.25, -0.2) is 9.59 Å². The molecule has 2 amide bonds. The largest absolute Gasteiger partial charge is 0.508 e. The zero-order valence-corrected chi connectivity index (χ0v) is 43.1. The van der Waals surface area contributed by atoms with E-state index >= 15 is 0 Å². The third kappa shape index (κ3) is 10.2. The van der Waals surface area contributed by atoms with Crippen molar-refractivity contribution in [2.75, 3.05) is 55.2 Å². The van der Waals surface area contributed by atoms with Crippen LogP contribution in [0.15, 0.2) is 109 Å². The molecule has 396 valence electrons. The summed E-state index contributed by atoms with van der Waals surface area (Å²) in [7, 11) is 7.70. The van der Waals surface area contributed by atoms with Crippen LogP contribution in [0.3, 0.4) is 0 Å². The molecule has 6 aromatic rings. The lowest BCUT2D eigenvalue weighted by Crippen LogP contribution is -2.50. The second-order valence-corrected chi connectivity index (χ2v) is 18.6. The van der Waals surface area contributed by atoms with Gasteiger partial charge in [-0.05, 0) is 134 Å². The fourth-order valence-electron chi connectivity index (χ4n) is 10.4. The summed E-state index contributed by atoms with van der Waals surface area (Å²) in [6, 6.07) is 29.2. The quantitative estimate of drug-likeness (QED) is 0.0510. The molecule has 9 rings (SSSR count). The summed E-state index contributed by atoms with van der Waals surface area (Å²) in [4.78, 5) is 58.1. The maximum atomic E-state index is 14.6. The average Bonchev–Trinajstić information content (AvgIpc) is 3.92. The molecule has 3 heterocycles. The zero-order chi connectivity index (χ0) is 53.7. The fourth-order valence-corrected chi connectivity index (χ4v) is 10.4. The molecule has 0 radical (unpaired) electrons. The Hall–Kier alpha value is -8.60. The molecular weight excluding hydrogens is 977 g/mol. The van der Waals surface area contributed by atoms with E-state index in [1.54, 1.807) is 67.7 Å². The van der Waals surface area contributed by atoms with Gasteiger partial charge in [0.2, 0.25) is 11.7 Å². The summed E-state index contributed by atoms with van der Waals surface area (Å²) in [6.45, 7) is 2.47. The Labute approximate surface area is 440 Å². The number of carbonyl (C=O) groups excluding carboxylic acids is 4. The highest BCUT2D eigenvalue weighted by atomic mass is 16.6. The molecule has 1 spiro atoms. The van der Waals surface area contributed by atoms with Crippen molar-refractivity contribution >= 4 is 23.8 Å². The summed E-state index contributed by atoms with van der Waals surface area (Å²) >= 11 is 0. The topological polar surface area (TPSA) is 207 Å². The molecule has 3 aliphatic rings. The van der Waals surface area contributed by atoms with E-state index in [1.807, 2.05) is 31.2 Å². The highest BCUT2D eigenvalue weighted by Gasteiger charge is 2.54. The Morgan fingerprint density at radius 1 is 0.737 bits per heavy atom. The summed E-state index contributed by atoms with van der Waals surface area (Å²) in [6.07, 6.45) is 2.45. The number of likely N-dealkylation sites (tertiary alicyclic amines) is 1. The van der Waals surface area contributed by atoms with Crippen molar-refractivity contribution in [3.05, 3.63) is 154 Å². The van der Waals surface area contributed by atoms with Gasteiger partial charge >= 0.3 is 11.9 Å². The Kier molecular flexibility index (Phi) is 15.5. The molecule has 0 saturated carbocycles. The predicted molar refractivity (Wildman–Crippen MR) is 277 cm³/mol. The summed E-state index contributed by atoms with van der Waals surface area (Å²) in [5, 5.41) is 23.6. The minimum absolute atomic E-state index is 0.0660. The lowest BCUT2D eigenvalue weighted by molar-refractivity contribution is -0.162. The van der Waals surface area contributed by atoms with Crippen LogP contribution < -0.4 is 38.5 Å². The number of ether oxygens (including phenoxy) is 9. The molecule has 17 nitrogen and oxygen atoms in total. The molecular formula is C59H60N2O15. The molecule has 3 N–H and O–H groups in total. The van der Waals surface area contributed by atoms with Crippen molar-refractivity contribution in [1.29, 1.82) is 0 Å². The van der Waals surface area contributed by atoms with Crippen LogP contribution in [0.4, 0.5) is 0 Å². The average molecular weight is 1040 g/mol. The van der Waals surface area contributed by atoms with Gasteiger partial charge in [0.15, 0.2) is 28.6 Å². The third-order valence-electron chi connectivity index (χ3n) is 14.2. The van der Waals surface area contributed by atoms with Gasteiger partial charge in [-0.3, -0.25) is 9.59 Å². The van der Waals surface area contributed by atoms with Gasteiger partial charge in [-0.15, -0.1) is 0 Å². The van der Waals surface area contributed by atoms with Crippen LogP contribution >= 0.6 is 0 Å². The van der Waals surface area contributed by atoms with Gasteiger partial charge in [-0.2, -0.15) is 0 Å². The molecule has 0 aliphatic carbocycles. The van der Waals surface area contributed by atoms with Gasteiger partial charge in [-0.1, -0.05) is 25.1 Å². The normalized spacial score (nSPS) is 15.6. The van der Waals surface area contributed by atoms with Crippen molar-refractivity contribution in [2.45, 2.75) is 69.1 Å². The van der Waals surface area contributed by atoms with Crippen molar-refractivity contribution in [3.8, 4) is 57.5 Å². The number of hydrogen-bond donors (Lipinski definition) is 3. The first-order valence-corrected chi connectivity index (χ1v) is 25.1. The van der Waals surface area contributed by atoms with Crippen molar-refractivity contribution < 1.29 is 72.0 Å². The van der Waals surface area contributed by atoms with Crippen LogP contribution in [0.5, 0.6) is 57.5 Å². The van der Waals surface area contributed by atoms with Gasteiger partial charge in [0.05, 0.1) is 53.6 Å². The third-order valence-corrected chi connectivity index (χ3v) is 14.2. The lowest BCUT2D eigenvalue weighted by atomic mass is 9.77. The van der Waals surface area contributed by atoms with Gasteiger partial charge in [0, 0.05) is 40.9 Å². The number of rotatable bonds is 19. The highest BCUT2D eigenvalue weighted by molar-refractivity contribution is 6.00. The number of methoxy groups -OCH3 is 5. The molecule has 76 heavy (non-hydrogen) atoms. The van der Waals surface area contributed by atoms with Crippen molar-refractivity contribution in [2.24, 2.45) is 0 Å². The van der Waals surface area contributed by atoms with E-state index in [0.29, 0.717) is 94.5 Å². The van der Waals surface area contributed by atoms with E-state index in [-0.39, 0.29) is 53.2 Å². The number of aryl methyl sites for hydroxylation is 1. The van der Waals surface area contributed by atoms with Crippen molar-refractivity contribution in [1.82, 2.24) is 10.2 Å². The van der Waals surface area contributed by atoms with E-state index in [2.05, 4.69) is 5.32 Å². The van der Waals surface area contributed by atoms with Crippen LogP contribution in [0, 0.1) is 0 Å². The Balaban J connectivity index is 0.917. The van der Waals surface area contributed by atoms with E-state index in [4.69, 9.17) is 42.6 Å². The van der Waals surface area contributed by atoms with Crippen LogP contribution in [-0.2, 0) is 31.1 Å². The summed E-state index contributed by atoms with van der Waals surface area (Å²) in [5.41, 5.74) is 2.47. The second kappa shape index (κ2) is 22.5. The highest BCUT2D eigenvalue weighted by Crippen LogP contribution is 2.57. The van der Waals surface area contributed by atoms with E-state index < -0.39 is 41.5 Å². The van der Waals surface area contributed by atoms with E-state index in [9.17, 15) is 29.4 Å². The number of phenols is 2. The molecule has 6 aromatic carbocycles. The molecule has 3 aliphatic heterocycles. The number of esters is 2. The van der Waals surface area contributed by atoms with Gasteiger partial charge < -0.3 is 63.1 Å². The van der Waals surface area contributed by atoms with Crippen LogP contribution in [-0.4, -0.2) is 100 Å². The maximum Gasteiger partial charge on any atom is 0.340 e. The summed E-state index contributed by atoms with van der Waals surface area (Å²) in [5.74, 6) is 0.770. The smallest absolute Gasteiger partial charge is 0.340 e. The zero-order valence-electron chi connectivity index (χ0n) is 43.1. The number of piperidine rings is 1. The number of nitrogens with zero attached hydrogens (tertiary/aromatic N) is 1. The monoisotopic (exact) mass is 1040 g/mol. The first kappa shape index (κ1) is 52.3. The summed E-state index contributed by atoms with van der Waals surface area (Å²) < 4.78 is 52.7. The minimum atomic E-state index is -1.54. The van der Waals surface area contributed by atoms with Crippen molar-refractivity contribution in [3.63, 3.8) is 0 Å². The van der Waals surface area contributed by atoms with E-state index in [1.165, 1.54) is 57.7 Å². The molecule has 17 heteroatoms. The Bertz CT molecular complexity index is 3100. The minimum Gasteiger partial charge on any atom is -0.508 e. The SMILES string of the molecule is CC[C@H](C(=O)N1CCCC[C@H]1C(=O)O[C@H](CCc1ccc(OC)c(OC)c1)c1cccc(OCCNC(=O)c2ccc3c(c2)C2(OC3=O)c3ccc(O)cc3Oc3cc(O)ccc32)c1)c1cc(OC)c(OC)c(OC)c1. The number of carbonyl (C=O) groups is 4. The second-order valence-electron chi connectivity index (χ2n) is 18.6. The molecule has 0 unspecified atom stereocenters. The number of aromatic hydroxyl groups is 2. The molecule has 0 bridgehead atoms. The number of amides is 2. The number of fused-ring (bicyclic) bond motifs is 6. The van der Waals surface area contributed by atoms with Gasteiger partial charge in [0.1, 0.15) is 47.5 Å². The Morgan fingerprint density at radius 3 is 2.09 bits per heavy atom. The Morgan fingerprint density at radius 2 is 1.43 bits per heavy atom. The van der Waals surface area contributed by atoms with Crippen LogP contribution in [0.2, 0.25) is 0 Å². The van der Waals surface area contributed by atoms with Crippen LogP contribution in [0.25, 0.3) is 0 Å². The number of benzene rings is 6. The number of phenolic OH excluding ortho intramolecular Hbond substituents is 2. The van der Waals surface area contributed by atoms with Crippen LogP contribution in [0.1, 0.15) is 105 Å².